The molecule has 0 unspecified atom stereocenters. The van der Waals surface area contributed by atoms with Crippen LogP contribution in [0.4, 0.5) is 5.82 Å². The second-order valence-corrected chi connectivity index (χ2v) is 6.68. The second kappa shape index (κ2) is 6.70. The van der Waals surface area contributed by atoms with E-state index in [9.17, 15) is 0 Å². The highest BCUT2D eigenvalue weighted by Gasteiger charge is 2.20. The first-order valence-corrected chi connectivity index (χ1v) is 8.87. The minimum absolute atomic E-state index is 0.673. The van der Waals surface area contributed by atoms with Crippen LogP contribution in [0.2, 0.25) is 0 Å². The van der Waals surface area contributed by atoms with Crippen LogP contribution in [0.1, 0.15) is 5.69 Å². The summed E-state index contributed by atoms with van der Waals surface area (Å²) in [7, 11) is 1.65. The molecule has 7 heteroatoms. The molecule has 1 aliphatic rings. The van der Waals surface area contributed by atoms with E-state index in [1.54, 1.807) is 24.8 Å². The van der Waals surface area contributed by atoms with Gasteiger partial charge >= 0.3 is 0 Å². The van der Waals surface area contributed by atoms with Crippen molar-refractivity contribution in [2.24, 2.45) is 0 Å². The fourth-order valence-electron chi connectivity index (χ4n) is 3.01. The number of thiophene rings is 1. The third kappa shape index (κ3) is 3.05. The Morgan fingerprint density at radius 2 is 2.00 bits per heavy atom. The monoisotopic (exact) mass is 341 g/mol. The molecule has 0 aliphatic carbocycles. The van der Waals surface area contributed by atoms with E-state index in [2.05, 4.69) is 42.3 Å². The number of nitrogens with zero attached hydrogens (tertiary/aromatic N) is 5. The van der Waals surface area contributed by atoms with E-state index >= 15 is 0 Å². The van der Waals surface area contributed by atoms with Crippen LogP contribution in [0.15, 0.2) is 36.0 Å². The van der Waals surface area contributed by atoms with Gasteiger partial charge in [-0.2, -0.15) is 0 Å². The lowest BCUT2D eigenvalue weighted by Gasteiger charge is -2.35. The lowest BCUT2D eigenvalue weighted by atomic mass is 10.2. The first-order valence-electron chi connectivity index (χ1n) is 7.99. The van der Waals surface area contributed by atoms with Crippen molar-refractivity contribution in [1.29, 1.82) is 0 Å². The molecule has 3 aromatic heterocycles. The molecule has 24 heavy (non-hydrogen) atoms. The number of aromatic nitrogens is 3. The van der Waals surface area contributed by atoms with Gasteiger partial charge in [-0.25, -0.2) is 15.0 Å². The van der Waals surface area contributed by atoms with Crippen molar-refractivity contribution in [3.8, 4) is 5.88 Å². The zero-order valence-electron chi connectivity index (χ0n) is 13.6. The first-order chi connectivity index (χ1) is 11.8. The second-order valence-electron chi connectivity index (χ2n) is 5.77. The highest BCUT2D eigenvalue weighted by atomic mass is 32.1. The fourth-order valence-corrected chi connectivity index (χ4v) is 3.87. The molecule has 0 atom stereocenters. The molecule has 1 saturated heterocycles. The van der Waals surface area contributed by atoms with Gasteiger partial charge in [0, 0.05) is 38.8 Å². The molecular formula is C17H19N5OS. The summed E-state index contributed by atoms with van der Waals surface area (Å²) in [4.78, 5) is 18.1. The molecule has 0 amide bonds. The first kappa shape index (κ1) is 15.3. The molecule has 1 fully saturated rings. The molecule has 6 nitrogen and oxygen atoms in total. The zero-order valence-corrected chi connectivity index (χ0v) is 14.4. The number of anilines is 1. The molecule has 1 aliphatic heterocycles. The molecule has 4 heterocycles. The van der Waals surface area contributed by atoms with Crippen LogP contribution in [0.3, 0.4) is 0 Å². The summed E-state index contributed by atoms with van der Waals surface area (Å²) in [5.41, 5.74) is 2.08. The van der Waals surface area contributed by atoms with Crippen LogP contribution >= 0.6 is 11.3 Å². The highest BCUT2D eigenvalue weighted by molar-refractivity contribution is 7.17. The van der Waals surface area contributed by atoms with E-state index in [-0.39, 0.29) is 0 Å². The van der Waals surface area contributed by atoms with Crippen LogP contribution in [-0.2, 0) is 6.54 Å². The molecule has 0 saturated carbocycles. The lowest BCUT2D eigenvalue weighted by Crippen LogP contribution is -2.46. The van der Waals surface area contributed by atoms with Crippen LogP contribution in [0, 0.1) is 0 Å². The Morgan fingerprint density at radius 3 is 2.83 bits per heavy atom. The molecule has 0 aromatic carbocycles. The molecule has 3 aromatic rings. The average molecular weight is 341 g/mol. The number of methoxy groups -OCH3 is 1. The maximum atomic E-state index is 5.20. The number of hydrogen-bond donors (Lipinski definition) is 0. The van der Waals surface area contributed by atoms with Crippen molar-refractivity contribution >= 4 is 27.4 Å². The van der Waals surface area contributed by atoms with Gasteiger partial charge in [0.2, 0.25) is 5.88 Å². The van der Waals surface area contributed by atoms with E-state index in [1.807, 2.05) is 12.1 Å². The normalized spacial score (nSPS) is 15.8. The molecule has 0 N–H and O–H groups in total. The lowest BCUT2D eigenvalue weighted by molar-refractivity contribution is 0.245. The van der Waals surface area contributed by atoms with Gasteiger partial charge in [0.05, 0.1) is 23.0 Å². The number of piperazine rings is 1. The Hall–Kier alpha value is -2.25. The van der Waals surface area contributed by atoms with Gasteiger partial charge in [0.15, 0.2) is 0 Å². The van der Waals surface area contributed by atoms with E-state index in [4.69, 9.17) is 4.74 Å². The van der Waals surface area contributed by atoms with Gasteiger partial charge in [-0.1, -0.05) is 6.07 Å². The van der Waals surface area contributed by atoms with E-state index in [1.165, 1.54) is 4.70 Å². The van der Waals surface area contributed by atoms with Gasteiger partial charge in [-0.15, -0.1) is 11.3 Å². The molecule has 124 valence electrons. The Bertz CT molecular complexity index is 828. The van der Waals surface area contributed by atoms with Crippen molar-refractivity contribution in [3.05, 3.63) is 41.7 Å². The number of fused-ring (bicyclic) bond motifs is 1. The van der Waals surface area contributed by atoms with Gasteiger partial charge in [0.25, 0.3) is 0 Å². The average Bonchev–Trinajstić information content (AvgIpc) is 3.11. The zero-order chi connectivity index (χ0) is 16.4. The third-order valence-electron chi connectivity index (χ3n) is 4.27. The Labute approximate surface area is 144 Å². The van der Waals surface area contributed by atoms with Gasteiger partial charge in [-0.3, -0.25) is 4.90 Å². The minimum Gasteiger partial charge on any atom is -0.481 e. The fraction of sp³-hybridized carbons (Fsp3) is 0.353. The predicted molar refractivity (Wildman–Crippen MR) is 95.7 cm³/mol. The summed E-state index contributed by atoms with van der Waals surface area (Å²) in [6.07, 6.45) is 1.66. The van der Waals surface area contributed by atoms with Crippen LogP contribution < -0.4 is 9.64 Å². The number of pyridine rings is 1. The summed E-state index contributed by atoms with van der Waals surface area (Å²) in [6, 6.07) is 7.97. The maximum absolute atomic E-state index is 5.20. The SMILES string of the molecule is COc1cccc(CN2CCN(c3ncnc4ccsc34)CC2)n1. The van der Waals surface area contributed by atoms with Crippen LogP contribution in [-0.4, -0.2) is 53.1 Å². The van der Waals surface area contributed by atoms with E-state index < -0.39 is 0 Å². The van der Waals surface area contributed by atoms with E-state index in [0.29, 0.717) is 5.88 Å². The molecular weight excluding hydrogens is 322 g/mol. The highest BCUT2D eigenvalue weighted by Crippen LogP contribution is 2.28. The summed E-state index contributed by atoms with van der Waals surface area (Å²) in [5.74, 6) is 1.74. The molecule has 0 bridgehead atoms. The van der Waals surface area contributed by atoms with Gasteiger partial charge in [-0.05, 0) is 17.5 Å². The summed E-state index contributed by atoms with van der Waals surface area (Å²) < 4.78 is 6.38. The van der Waals surface area contributed by atoms with Crippen LogP contribution in [0.5, 0.6) is 5.88 Å². The topological polar surface area (TPSA) is 54.4 Å². The predicted octanol–water partition coefficient (Wildman–Crippen LogP) is 2.42. The Morgan fingerprint density at radius 1 is 1.12 bits per heavy atom. The Balaban J connectivity index is 1.42. The summed E-state index contributed by atoms with van der Waals surface area (Å²) >= 11 is 1.71. The quantitative estimate of drug-likeness (QED) is 0.726. The molecule has 0 spiro atoms. The smallest absolute Gasteiger partial charge is 0.213 e. The van der Waals surface area contributed by atoms with Gasteiger partial charge in [0.1, 0.15) is 12.1 Å². The molecule has 0 radical (unpaired) electrons. The summed E-state index contributed by atoms with van der Waals surface area (Å²) in [6.45, 7) is 4.77. The number of ether oxygens (including phenoxy) is 1. The standard InChI is InChI=1S/C17H19N5OS/c1-23-15-4-2-3-13(20-15)11-21-6-8-22(9-7-21)17-16-14(5-10-24-16)18-12-19-17/h2-5,10,12H,6-9,11H2,1H3. The molecule has 4 rings (SSSR count). The Kier molecular flexibility index (Phi) is 4.27. The van der Waals surface area contributed by atoms with Crippen molar-refractivity contribution in [2.75, 3.05) is 38.2 Å². The van der Waals surface area contributed by atoms with Crippen LogP contribution in [0.25, 0.3) is 10.2 Å². The van der Waals surface area contributed by atoms with Crippen molar-refractivity contribution in [1.82, 2.24) is 19.9 Å². The minimum atomic E-state index is 0.673. The van der Waals surface area contributed by atoms with Gasteiger partial charge < -0.3 is 9.64 Å². The van der Waals surface area contributed by atoms with Crippen molar-refractivity contribution in [3.63, 3.8) is 0 Å². The van der Waals surface area contributed by atoms with Crippen molar-refractivity contribution in [2.45, 2.75) is 6.54 Å². The largest absolute Gasteiger partial charge is 0.481 e. The summed E-state index contributed by atoms with van der Waals surface area (Å²) in [5, 5.41) is 2.08. The number of hydrogen-bond acceptors (Lipinski definition) is 7. The number of rotatable bonds is 4. The van der Waals surface area contributed by atoms with E-state index in [0.717, 1.165) is 49.8 Å². The maximum Gasteiger partial charge on any atom is 0.213 e. The third-order valence-corrected chi connectivity index (χ3v) is 5.17. The van der Waals surface area contributed by atoms with Crippen molar-refractivity contribution < 1.29 is 4.74 Å².